The first-order valence-corrected chi connectivity index (χ1v) is 9.25. The predicted molar refractivity (Wildman–Crippen MR) is 92.5 cm³/mol. The first-order valence-electron chi connectivity index (χ1n) is 7.38. The first-order chi connectivity index (χ1) is 11.6. The van der Waals surface area contributed by atoms with Crippen LogP contribution in [0, 0.1) is 0 Å². The van der Waals surface area contributed by atoms with Crippen LogP contribution in [0.15, 0.2) is 55.8 Å². The van der Waals surface area contributed by atoms with Gasteiger partial charge in [0.15, 0.2) is 10.4 Å². The summed E-state index contributed by atoms with van der Waals surface area (Å²) in [6.45, 7) is 3.94. The normalized spacial score (nSPS) is 12.0. The van der Waals surface area contributed by atoms with Crippen LogP contribution in [0.4, 0.5) is 5.88 Å². The minimum absolute atomic E-state index is 0.161. The molecule has 2 heterocycles. The lowest BCUT2D eigenvalue weighted by Gasteiger charge is -2.06. The Morgan fingerprint density at radius 3 is 2.88 bits per heavy atom. The zero-order valence-electron chi connectivity index (χ0n) is 13.2. The maximum absolute atomic E-state index is 11.9. The Kier molecular flexibility index (Phi) is 5.27. The second kappa shape index (κ2) is 7.59. The Hall–Kier alpha value is -2.19. The molecule has 6 nitrogen and oxygen atoms in total. The van der Waals surface area contributed by atoms with Gasteiger partial charge in [0, 0.05) is 16.7 Å². The van der Waals surface area contributed by atoms with Crippen LogP contribution in [0.3, 0.4) is 0 Å². The van der Waals surface area contributed by atoms with E-state index >= 15 is 0 Å². The lowest BCUT2D eigenvalue weighted by Crippen LogP contribution is -2.36. The highest BCUT2D eigenvalue weighted by atomic mass is 32.2. The Labute approximate surface area is 147 Å². The number of hydrogen-bond acceptors (Lipinski definition) is 7. The summed E-state index contributed by atoms with van der Waals surface area (Å²) in [4.78, 5) is 8.44. The molecule has 0 aliphatic rings. The molecule has 0 spiro atoms. The van der Waals surface area contributed by atoms with Crippen LogP contribution in [0.5, 0.6) is 0 Å². The smallest absolute Gasteiger partial charge is 0.320 e. The Balaban J connectivity index is 1.61. The minimum Gasteiger partial charge on any atom is -0.861 e. The molecule has 1 aromatic carbocycles. The van der Waals surface area contributed by atoms with Crippen molar-refractivity contribution in [2.45, 2.75) is 24.2 Å². The fraction of sp³-hybridized carbons (Fsp3) is 0.250. The van der Waals surface area contributed by atoms with Gasteiger partial charge in [-0.25, -0.2) is 9.98 Å². The van der Waals surface area contributed by atoms with Crippen LogP contribution in [0.2, 0.25) is 0 Å². The molecular weight excluding hydrogens is 344 g/mol. The highest BCUT2D eigenvalue weighted by Crippen LogP contribution is 2.28. The van der Waals surface area contributed by atoms with Gasteiger partial charge < -0.3 is 5.11 Å². The molecule has 0 bridgehead atoms. The second-order valence-corrected chi connectivity index (χ2v) is 7.35. The van der Waals surface area contributed by atoms with Crippen LogP contribution >= 0.6 is 23.1 Å². The molecule has 0 atom stereocenters. The molecule has 0 aliphatic heterocycles. The van der Waals surface area contributed by atoms with E-state index in [1.165, 1.54) is 23.1 Å². The van der Waals surface area contributed by atoms with E-state index in [2.05, 4.69) is 15.2 Å². The summed E-state index contributed by atoms with van der Waals surface area (Å²) in [6.07, 6.45) is 1.62. The van der Waals surface area contributed by atoms with Gasteiger partial charge in [-0.15, -0.1) is 11.3 Å². The minimum atomic E-state index is -0.275. The quantitative estimate of drug-likeness (QED) is 0.292. The van der Waals surface area contributed by atoms with Gasteiger partial charge in [-0.3, -0.25) is 4.52 Å². The van der Waals surface area contributed by atoms with Crippen molar-refractivity contribution in [3.05, 3.63) is 41.9 Å². The van der Waals surface area contributed by atoms with E-state index in [1.807, 2.05) is 49.6 Å². The number of rotatable bonds is 6. The molecule has 0 aliphatic carbocycles. The summed E-state index contributed by atoms with van der Waals surface area (Å²) in [5, 5.41) is 17.7. The van der Waals surface area contributed by atoms with E-state index in [4.69, 9.17) is 4.52 Å². The highest BCUT2D eigenvalue weighted by Gasteiger charge is 2.14. The number of hydrogen-bond donors (Lipinski definition) is 0. The van der Waals surface area contributed by atoms with Crippen molar-refractivity contribution in [2.75, 3.05) is 5.75 Å². The average molecular weight is 360 g/mol. The monoisotopic (exact) mass is 360 g/mol. The average Bonchev–Trinajstić information content (AvgIpc) is 3.23. The Bertz CT molecular complexity index is 827. The van der Waals surface area contributed by atoms with Crippen LogP contribution in [0.1, 0.15) is 19.9 Å². The summed E-state index contributed by atoms with van der Waals surface area (Å²) in [6, 6.07) is 10.1. The van der Waals surface area contributed by atoms with Gasteiger partial charge >= 0.3 is 5.88 Å². The first kappa shape index (κ1) is 16.7. The van der Waals surface area contributed by atoms with E-state index in [0.29, 0.717) is 0 Å². The van der Waals surface area contributed by atoms with Crippen LogP contribution in [-0.4, -0.2) is 21.9 Å². The third-order valence-electron chi connectivity index (χ3n) is 3.11. The molecule has 0 amide bonds. The SMILES string of the molecule is CC(C)[n+]1cc(/N=C(\[O-])CSc2nc(-c3ccccc3)cs2)on1. The third kappa shape index (κ3) is 4.21. The maximum atomic E-state index is 11.9. The van der Waals surface area contributed by atoms with Crippen molar-refractivity contribution in [1.29, 1.82) is 0 Å². The van der Waals surface area contributed by atoms with Crippen molar-refractivity contribution in [3.8, 4) is 11.3 Å². The topological polar surface area (TPSA) is 78.2 Å². The molecular formula is C16H16N4O2S2. The lowest BCUT2D eigenvalue weighted by molar-refractivity contribution is -0.779. The molecule has 0 N–H and O–H groups in total. The summed E-state index contributed by atoms with van der Waals surface area (Å²) in [7, 11) is 0. The molecule has 3 aromatic rings. The fourth-order valence-corrected chi connectivity index (χ4v) is 3.51. The van der Waals surface area contributed by atoms with Gasteiger partial charge in [0.2, 0.25) is 5.27 Å². The summed E-state index contributed by atoms with van der Waals surface area (Å²) in [5.74, 6) is 0.159. The van der Waals surface area contributed by atoms with E-state index in [9.17, 15) is 5.11 Å². The van der Waals surface area contributed by atoms with Crippen molar-refractivity contribution in [1.82, 2.24) is 10.3 Å². The van der Waals surface area contributed by atoms with E-state index in [0.717, 1.165) is 15.6 Å². The number of nitrogens with zero attached hydrogens (tertiary/aromatic N) is 4. The number of aromatic nitrogens is 3. The summed E-state index contributed by atoms with van der Waals surface area (Å²) in [5.41, 5.74) is 1.98. The van der Waals surface area contributed by atoms with E-state index in [-0.39, 0.29) is 23.6 Å². The van der Waals surface area contributed by atoms with Crippen LogP contribution in [-0.2, 0) is 0 Å². The zero-order chi connectivity index (χ0) is 16.9. The van der Waals surface area contributed by atoms with Gasteiger partial charge in [-0.2, -0.15) is 0 Å². The van der Waals surface area contributed by atoms with Gasteiger partial charge in [-0.1, -0.05) is 42.1 Å². The molecule has 0 saturated carbocycles. The lowest BCUT2D eigenvalue weighted by atomic mass is 10.2. The number of thioether (sulfide) groups is 1. The largest absolute Gasteiger partial charge is 0.861 e. The predicted octanol–water partition coefficient (Wildman–Crippen LogP) is 2.85. The number of aliphatic imine (C=N–C) groups is 1. The summed E-state index contributed by atoms with van der Waals surface area (Å²) >= 11 is 2.89. The van der Waals surface area contributed by atoms with Crippen molar-refractivity contribution < 1.29 is 14.3 Å². The standard InChI is InChI=1S/C16H16N4O2S2/c1-11(2)20-8-15(22-19-20)18-14(21)10-24-16-17-13(9-23-16)12-6-4-3-5-7-12/h3-9,11H,10H2,1-2H3. The van der Waals surface area contributed by atoms with Crippen molar-refractivity contribution in [2.24, 2.45) is 4.99 Å². The van der Waals surface area contributed by atoms with E-state index < -0.39 is 0 Å². The van der Waals surface area contributed by atoms with Gasteiger partial charge in [0.05, 0.1) is 5.69 Å². The zero-order valence-corrected chi connectivity index (χ0v) is 14.9. The summed E-state index contributed by atoms with van der Waals surface area (Å²) < 4.78 is 7.47. The molecule has 24 heavy (non-hydrogen) atoms. The van der Waals surface area contributed by atoms with E-state index in [1.54, 1.807) is 10.9 Å². The third-order valence-corrected chi connectivity index (χ3v) is 5.11. The van der Waals surface area contributed by atoms with Gasteiger partial charge in [-0.05, 0) is 24.4 Å². The second-order valence-electron chi connectivity index (χ2n) is 5.27. The van der Waals surface area contributed by atoms with Crippen molar-refractivity contribution >= 4 is 34.9 Å². The van der Waals surface area contributed by atoms with Crippen LogP contribution < -0.4 is 9.79 Å². The Morgan fingerprint density at radius 1 is 1.38 bits per heavy atom. The molecule has 0 unspecified atom stereocenters. The molecule has 8 heteroatoms. The Morgan fingerprint density at radius 2 is 2.17 bits per heavy atom. The number of benzene rings is 1. The maximum Gasteiger partial charge on any atom is 0.320 e. The highest BCUT2D eigenvalue weighted by molar-refractivity contribution is 8.01. The fourth-order valence-electron chi connectivity index (χ4n) is 1.89. The van der Waals surface area contributed by atoms with Crippen LogP contribution in [0.25, 0.3) is 11.3 Å². The molecule has 0 fully saturated rings. The number of thiazole rings is 1. The van der Waals surface area contributed by atoms with Gasteiger partial charge in [0.25, 0.3) is 6.20 Å². The van der Waals surface area contributed by atoms with Crippen molar-refractivity contribution in [3.63, 3.8) is 0 Å². The molecule has 3 rings (SSSR count). The molecule has 0 radical (unpaired) electrons. The molecule has 2 aromatic heterocycles. The molecule has 124 valence electrons. The van der Waals surface area contributed by atoms with Gasteiger partial charge in [0.1, 0.15) is 0 Å². The molecule has 0 saturated heterocycles.